The van der Waals surface area contributed by atoms with Crippen molar-refractivity contribution in [1.29, 1.82) is 0 Å². The van der Waals surface area contributed by atoms with Gasteiger partial charge in [0.1, 0.15) is 17.4 Å². The minimum Gasteiger partial charge on any atom is -0.439 e. The molecule has 0 aliphatic heterocycles. The SMILES string of the molecule is CCN(CC)CCN(C)c1cc(C(=O)N=C(N)/C=C\NC)cc(Oc2ccccc2)n1. The van der Waals surface area contributed by atoms with E-state index in [1.165, 1.54) is 6.08 Å². The maximum absolute atomic E-state index is 12.7. The molecule has 2 aromatic rings. The van der Waals surface area contributed by atoms with E-state index in [0.29, 0.717) is 23.0 Å². The first-order valence-corrected chi connectivity index (χ1v) is 10.4. The quantitative estimate of drug-likeness (QED) is 0.423. The minimum absolute atomic E-state index is 0.109. The number of aliphatic imine (C=N–C) groups is 1. The van der Waals surface area contributed by atoms with Gasteiger partial charge in [0.05, 0.1) is 5.56 Å². The van der Waals surface area contributed by atoms with Gasteiger partial charge in [0, 0.05) is 33.3 Å². The molecule has 31 heavy (non-hydrogen) atoms. The van der Waals surface area contributed by atoms with Crippen molar-refractivity contribution in [2.75, 3.05) is 45.2 Å². The maximum atomic E-state index is 12.7. The summed E-state index contributed by atoms with van der Waals surface area (Å²) in [6, 6.07) is 12.6. The summed E-state index contributed by atoms with van der Waals surface area (Å²) in [7, 11) is 3.68. The Balaban J connectivity index is 2.32. The van der Waals surface area contributed by atoms with Gasteiger partial charge >= 0.3 is 0 Å². The number of benzene rings is 1. The molecular weight excluding hydrogens is 392 g/mol. The summed E-state index contributed by atoms with van der Waals surface area (Å²) in [6.07, 6.45) is 3.13. The van der Waals surface area contributed by atoms with Crippen LogP contribution in [0.15, 0.2) is 59.7 Å². The molecule has 8 nitrogen and oxygen atoms in total. The molecule has 0 spiro atoms. The highest BCUT2D eigenvalue weighted by atomic mass is 16.5. The first-order chi connectivity index (χ1) is 15.0. The Bertz CT molecular complexity index is 894. The van der Waals surface area contributed by atoms with Crippen LogP contribution in [0.1, 0.15) is 24.2 Å². The minimum atomic E-state index is -0.461. The molecule has 0 atom stereocenters. The van der Waals surface area contributed by atoms with Crippen LogP contribution in [0.5, 0.6) is 11.6 Å². The molecule has 3 N–H and O–H groups in total. The van der Waals surface area contributed by atoms with Crippen LogP contribution in [0.4, 0.5) is 5.82 Å². The van der Waals surface area contributed by atoms with Crippen molar-refractivity contribution >= 4 is 17.6 Å². The highest BCUT2D eigenvalue weighted by Crippen LogP contribution is 2.24. The number of likely N-dealkylation sites (N-methyl/N-ethyl adjacent to an activating group) is 2. The number of aromatic nitrogens is 1. The Labute approximate surface area is 184 Å². The van der Waals surface area contributed by atoms with Gasteiger partial charge in [-0.05, 0) is 43.6 Å². The van der Waals surface area contributed by atoms with Crippen LogP contribution >= 0.6 is 0 Å². The number of rotatable bonds is 11. The number of nitrogens with zero attached hydrogens (tertiary/aromatic N) is 4. The first-order valence-electron chi connectivity index (χ1n) is 10.4. The molecule has 2 rings (SSSR count). The molecule has 8 heteroatoms. The lowest BCUT2D eigenvalue weighted by Gasteiger charge is -2.24. The van der Waals surface area contributed by atoms with Gasteiger partial charge in [-0.15, -0.1) is 0 Å². The van der Waals surface area contributed by atoms with E-state index in [4.69, 9.17) is 10.5 Å². The molecule has 0 aliphatic carbocycles. The zero-order valence-electron chi connectivity index (χ0n) is 18.7. The van der Waals surface area contributed by atoms with E-state index in [-0.39, 0.29) is 5.84 Å². The molecule has 1 aromatic carbocycles. The number of nitrogens with two attached hydrogens (primary N) is 1. The number of hydrogen-bond donors (Lipinski definition) is 2. The number of nitrogens with one attached hydrogen (secondary N) is 1. The zero-order valence-corrected chi connectivity index (χ0v) is 18.7. The maximum Gasteiger partial charge on any atom is 0.279 e. The molecular formula is C23H32N6O2. The van der Waals surface area contributed by atoms with Crippen molar-refractivity contribution in [3.8, 4) is 11.6 Å². The number of pyridine rings is 1. The Morgan fingerprint density at radius 2 is 1.90 bits per heavy atom. The van der Waals surface area contributed by atoms with Gasteiger partial charge in [0.25, 0.3) is 5.91 Å². The Morgan fingerprint density at radius 3 is 2.55 bits per heavy atom. The summed E-state index contributed by atoms with van der Waals surface area (Å²) in [6.45, 7) is 7.88. The second kappa shape index (κ2) is 12.3. The molecule has 0 unspecified atom stereocenters. The fourth-order valence-corrected chi connectivity index (χ4v) is 2.81. The van der Waals surface area contributed by atoms with Crippen molar-refractivity contribution < 1.29 is 9.53 Å². The number of para-hydroxylation sites is 1. The number of carbonyl (C=O) groups excluding carboxylic acids is 1. The number of hydrogen-bond acceptors (Lipinski definition) is 6. The Kier molecular flexibility index (Phi) is 9.51. The van der Waals surface area contributed by atoms with Crippen molar-refractivity contribution in [2.24, 2.45) is 10.7 Å². The fourth-order valence-electron chi connectivity index (χ4n) is 2.81. The normalized spacial score (nSPS) is 11.7. The van der Waals surface area contributed by atoms with Crippen molar-refractivity contribution in [3.63, 3.8) is 0 Å². The van der Waals surface area contributed by atoms with Gasteiger partial charge in [0.15, 0.2) is 0 Å². The fraction of sp³-hybridized carbons (Fsp3) is 0.348. The molecule has 0 saturated carbocycles. The van der Waals surface area contributed by atoms with Crippen LogP contribution in [-0.2, 0) is 0 Å². The van der Waals surface area contributed by atoms with Gasteiger partial charge in [-0.1, -0.05) is 32.0 Å². The van der Waals surface area contributed by atoms with E-state index in [9.17, 15) is 4.79 Å². The van der Waals surface area contributed by atoms with Gasteiger partial charge < -0.3 is 25.6 Å². The van der Waals surface area contributed by atoms with Crippen molar-refractivity contribution in [2.45, 2.75) is 13.8 Å². The third-order valence-corrected chi connectivity index (χ3v) is 4.69. The van der Waals surface area contributed by atoms with E-state index >= 15 is 0 Å². The summed E-state index contributed by atoms with van der Waals surface area (Å²) < 4.78 is 5.89. The lowest BCUT2D eigenvalue weighted by atomic mass is 10.2. The van der Waals surface area contributed by atoms with Crippen molar-refractivity contribution in [1.82, 2.24) is 15.2 Å². The van der Waals surface area contributed by atoms with Crippen LogP contribution in [0.25, 0.3) is 0 Å². The number of anilines is 1. The lowest BCUT2D eigenvalue weighted by molar-refractivity contribution is 0.100. The highest BCUT2D eigenvalue weighted by molar-refractivity contribution is 6.06. The number of amidine groups is 1. The Morgan fingerprint density at radius 1 is 1.19 bits per heavy atom. The summed E-state index contributed by atoms with van der Waals surface area (Å²) in [4.78, 5) is 25.6. The summed E-state index contributed by atoms with van der Waals surface area (Å²) in [5.74, 6) is 1.23. The van der Waals surface area contributed by atoms with Gasteiger partial charge in [-0.3, -0.25) is 4.79 Å². The highest BCUT2D eigenvalue weighted by Gasteiger charge is 2.14. The van der Waals surface area contributed by atoms with E-state index in [1.54, 1.807) is 25.4 Å². The molecule has 0 radical (unpaired) electrons. The molecule has 0 saturated heterocycles. The average molecular weight is 425 g/mol. The van der Waals surface area contributed by atoms with E-state index < -0.39 is 5.91 Å². The molecule has 0 aliphatic rings. The average Bonchev–Trinajstić information content (AvgIpc) is 2.78. The van der Waals surface area contributed by atoms with E-state index in [2.05, 4.69) is 34.0 Å². The van der Waals surface area contributed by atoms with Crippen LogP contribution < -0.4 is 20.7 Å². The standard InChI is InChI=1S/C23H32N6O2/c1-5-29(6-2)15-14-28(4)21-16-18(23(30)26-20(24)12-13-25-3)17-22(27-21)31-19-10-8-7-9-11-19/h7-13,16-17,25H,5-6,14-15H2,1-4H3,(H2,24,26,30)/b13-12-. The van der Waals surface area contributed by atoms with Crippen molar-refractivity contribution in [3.05, 3.63) is 60.3 Å². The van der Waals surface area contributed by atoms with Crippen LogP contribution in [-0.4, -0.2) is 61.9 Å². The summed E-state index contributed by atoms with van der Waals surface area (Å²) >= 11 is 0. The van der Waals surface area contributed by atoms with E-state index in [1.807, 2.05) is 42.3 Å². The van der Waals surface area contributed by atoms with Gasteiger partial charge in [-0.25, -0.2) is 0 Å². The Hall–Kier alpha value is -3.39. The number of ether oxygens (including phenoxy) is 1. The predicted molar refractivity (Wildman–Crippen MR) is 126 cm³/mol. The van der Waals surface area contributed by atoms with Crippen LogP contribution in [0.3, 0.4) is 0 Å². The molecule has 166 valence electrons. The third-order valence-electron chi connectivity index (χ3n) is 4.69. The van der Waals surface area contributed by atoms with Gasteiger partial charge in [0.2, 0.25) is 5.88 Å². The second-order valence-corrected chi connectivity index (χ2v) is 6.88. The molecule has 1 heterocycles. The van der Waals surface area contributed by atoms with Crippen LogP contribution in [0.2, 0.25) is 0 Å². The summed E-state index contributed by atoms with van der Waals surface area (Å²) in [5.41, 5.74) is 6.16. The van der Waals surface area contributed by atoms with E-state index in [0.717, 1.165) is 26.2 Å². The second-order valence-electron chi connectivity index (χ2n) is 6.88. The molecule has 1 aromatic heterocycles. The molecule has 0 fully saturated rings. The van der Waals surface area contributed by atoms with Crippen LogP contribution in [0, 0.1) is 0 Å². The summed E-state index contributed by atoms with van der Waals surface area (Å²) in [5, 5.41) is 2.81. The molecule has 1 amide bonds. The first kappa shape index (κ1) is 23.9. The largest absolute Gasteiger partial charge is 0.439 e. The predicted octanol–water partition coefficient (Wildman–Crippen LogP) is 2.88. The smallest absolute Gasteiger partial charge is 0.279 e. The zero-order chi connectivity index (χ0) is 22.6. The molecule has 0 bridgehead atoms. The van der Waals surface area contributed by atoms with Gasteiger partial charge in [-0.2, -0.15) is 9.98 Å². The number of amides is 1. The number of carbonyl (C=O) groups is 1. The topological polar surface area (TPSA) is 96.1 Å². The third kappa shape index (κ3) is 7.75. The monoisotopic (exact) mass is 424 g/mol. The lowest BCUT2D eigenvalue weighted by Crippen LogP contribution is -2.33.